The summed E-state index contributed by atoms with van der Waals surface area (Å²) in [5, 5.41) is 0.624. The molecule has 3 aromatic carbocycles. The first-order valence-electron chi connectivity index (χ1n) is 9.95. The van der Waals surface area contributed by atoms with Crippen molar-refractivity contribution in [2.75, 3.05) is 6.61 Å². The van der Waals surface area contributed by atoms with Gasteiger partial charge in [-0.05, 0) is 55.0 Å². The van der Waals surface area contributed by atoms with E-state index in [1.807, 2.05) is 25.1 Å². The van der Waals surface area contributed by atoms with Crippen molar-refractivity contribution < 1.29 is 23.4 Å². The van der Waals surface area contributed by atoms with E-state index in [9.17, 15) is 9.18 Å². The van der Waals surface area contributed by atoms with Gasteiger partial charge in [-0.1, -0.05) is 41.9 Å². The average Bonchev–Trinajstić information content (AvgIpc) is 3.15. The summed E-state index contributed by atoms with van der Waals surface area (Å²) in [7, 11) is 0. The van der Waals surface area contributed by atoms with Crippen LogP contribution in [0.2, 0.25) is 5.02 Å². The summed E-state index contributed by atoms with van der Waals surface area (Å²) in [4.78, 5) is 16.5. The third-order valence-corrected chi connectivity index (χ3v) is 4.97. The Labute approximate surface area is 189 Å². The van der Waals surface area contributed by atoms with Gasteiger partial charge in [0.25, 0.3) is 0 Å². The second-order valence-corrected chi connectivity index (χ2v) is 7.27. The third kappa shape index (κ3) is 4.98. The SMILES string of the molecule is CCOc1cc(C=C2N=C(c3cccc(F)c3)OC2=O)ccc1OCc1ccccc1Cl. The molecule has 0 saturated carbocycles. The number of esters is 1. The van der Waals surface area contributed by atoms with Crippen molar-refractivity contribution in [3.05, 3.63) is 100.0 Å². The Kier molecular flexibility index (Phi) is 6.52. The van der Waals surface area contributed by atoms with Crippen LogP contribution in [0.15, 0.2) is 77.4 Å². The largest absolute Gasteiger partial charge is 0.490 e. The topological polar surface area (TPSA) is 57.1 Å². The molecule has 0 aromatic heterocycles. The zero-order chi connectivity index (χ0) is 22.5. The summed E-state index contributed by atoms with van der Waals surface area (Å²) in [6.07, 6.45) is 1.58. The van der Waals surface area contributed by atoms with Crippen molar-refractivity contribution in [2.24, 2.45) is 4.99 Å². The minimum Gasteiger partial charge on any atom is -0.490 e. The van der Waals surface area contributed by atoms with Crippen molar-refractivity contribution >= 4 is 29.5 Å². The summed E-state index contributed by atoms with van der Waals surface area (Å²) in [6, 6.07) is 18.4. The molecule has 0 fully saturated rings. The van der Waals surface area contributed by atoms with Crippen molar-refractivity contribution in [3.63, 3.8) is 0 Å². The number of aliphatic imine (C=N–C) groups is 1. The molecule has 1 aliphatic heterocycles. The molecule has 0 unspecified atom stereocenters. The summed E-state index contributed by atoms with van der Waals surface area (Å²) >= 11 is 6.19. The number of cyclic esters (lactones) is 1. The van der Waals surface area contributed by atoms with E-state index in [0.29, 0.717) is 34.3 Å². The molecule has 0 radical (unpaired) electrons. The Bertz CT molecular complexity index is 1220. The Hall–Kier alpha value is -3.64. The third-order valence-electron chi connectivity index (χ3n) is 4.60. The highest BCUT2D eigenvalue weighted by atomic mass is 35.5. The van der Waals surface area contributed by atoms with Gasteiger partial charge in [0.2, 0.25) is 5.90 Å². The molecule has 0 N–H and O–H groups in total. The Morgan fingerprint density at radius 1 is 1.03 bits per heavy atom. The van der Waals surface area contributed by atoms with E-state index in [2.05, 4.69) is 4.99 Å². The van der Waals surface area contributed by atoms with Crippen molar-refractivity contribution in [3.8, 4) is 11.5 Å². The fraction of sp³-hybridized carbons (Fsp3) is 0.120. The van der Waals surface area contributed by atoms with Gasteiger partial charge in [0.15, 0.2) is 17.2 Å². The second kappa shape index (κ2) is 9.66. The highest BCUT2D eigenvalue weighted by molar-refractivity contribution is 6.31. The zero-order valence-corrected chi connectivity index (χ0v) is 17.9. The maximum atomic E-state index is 13.5. The van der Waals surface area contributed by atoms with Crippen LogP contribution >= 0.6 is 11.6 Å². The summed E-state index contributed by atoms with van der Waals surface area (Å²) in [6.45, 7) is 2.59. The van der Waals surface area contributed by atoms with Crippen LogP contribution in [0.1, 0.15) is 23.6 Å². The first kappa shape index (κ1) is 21.6. The van der Waals surface area contributed by atoms with Crippen LogP contribution in [-0.2, 0) is 16.1 Å². The molecule has 0 saturated heterocycles. The number of hydrogen-bond acceptors (Lipinski definition) is 5. The molecule has 1 aliphatic rings. The summed E-state index contributed by atoms with van der Waals surface area (Å²) in [5.74, 6) is 0.0839. The molecule has 3 aromatic rings. The first-order chi connectivity index (χ1) is 15.5. The van der Waals surface area contributed by atoms with Gasteiger partial charge in [-0.2, -0.15) is 0 Å². The maximum absolute atomic E-state index is 13.5. The number of carbonyl (C=O) groups is 1. The molecule has 0 atom stereocenters. The van der Waals surface area contributed by atoms with Gasteiger partial charge in [-0.3, -0.25) is 0 Å². The maximum Gasteiger partial charge on any atom is 0.363 e. The van der Waals surface area contributed by atoms with Gasteiger partial charge in [0.1, 0.15) is 12.4 Å². The minimum atomic E-state index is -0.610. The molecular formula is C25H19ClFNO4. The molecule has 162 valence electrons. The highest BCUT2D eigenvalue weighted by Crippen LogP contribution is 2.31. The normalized spacial score (nSPS) is 14.3. The predicted octanol–water partition coefficient (Wildman–Crippen LogP) is 5.80. The molecule has 32 heavy (non-hydrogen) atoms. The number of nitrogens with zero attached hydrogens (tertiary/aromatic N) is 1. The molecular weight excluding hydrogens is 433 g/mol. The quantitative estimate of drug-likeness (QED) is 0.336. The summed E-state index contributed by atoms with van der Waals surface area (Å²) < 4.78 is 30.3. The van der Waals surface area contributed by atoms with E-state index < -0.39 is 11.8 Å². The van der Waals surface area contributed by atoms with Gasteiger partial charge in [-0.25, -0.2) is 14.2 Å². The lowest BCUT2D eigenvalue weighted by atomic mass is 10.1. The Balaban J connectivity index is 1.57. The fourth-order valence-corrected chi connectivity index (χ4v) is 3.28. The van der Waals surface area contributed by atoms with Gasteiger partial charge < -0.3 is 14.2 Å². The molecule has 7 heteroatoms. The van der Waals surface area contributed by atoms with Crippen LogP contribution in [-0.4, -0.2) is 18.5 Å². The number of halogens is 2. The number of carbonyl (C=O) groups excluding carboxylic acids is 1. The van der Waals surface area contributed by atoms with Gasteiger partial charge in [0, 0.05) is 16.1 Å². The van der Waals surface area contributed by atoms with Crippen LogP contribution in [0, 0.1) is 5.82 Å². The van der Waals surface area contributed by atoms with Crippen LogP contribution < -0.4 is 9.47 Å². The first-order valence-corrected chi connectivity index (χ1v) is 10.3. The average molecular weight is 452 g/mol. The van der Waals surface area contributed by atoms with Crippen LogP contribution in [0.25, 0.3) is 6.08 Å². The van der Waals surface area contributed by atoms with E-state index in [4.69, 9.17) is 25.8 Å². The lowest BCUT2D eigenvalue weighted by Gasteiger charge is -2.13. The number of hydrogen-bond donors (Lipinski definition) is 0. The molecule has 0 bridgehead atoms. The fourth-order valence-electron chi connectivity index (χ4n) is 3.08. The van der Waals surface area contributed by atoms with E-state index in [1.54, 1.807) is 36.4 Å². The lowest BCUT2D eigenvalue weighted by Crippen LogP contribution is -2.05. The molecule has 0 spiro atoms. The second-order valence-electron chi connectivity index (χ2n) is 6.87. The van der Waals surface area contributed by atoms with Gasteiger partial charge in [0.05, 0.1) is 6.61 Å². The van der Waals surface area contributed by atoms with Crippen LogP contribution in [0.5, 0.6) is 11.5 Å². The van der Waals surface area contributed by atoms with E-state index in [0.717, 1.165) is 5.56 Å². The molecule has 0 aliphatic carbocycles. The molecule has 5 nitrogen and oxygen atoms in total. The van der Waals surface area contributed by atoms with Gasteiger partial charge >= 0.3 is 5.97 Å². The number of rotatable bonds is 7. The zero-order valence-electron chi connectivity index (χ0n) is 17.2. The van der Waals surface area contributed by atoms with Crippen LogP contribution in [0.3, 0.4) is 0 Å². The standard InChI is InChI=1S/C25H19ClFNO4/c1-2-30-23-13-16(10-11-22(23)31-15-18-6-3-4-9-20(18)26)12-21-25(29)32-24(28-21)17-7-5-8-19(27)14-17/h3-14H,2,15H2,1H3. The molecule has 0 amide bonds. The van der Waals surface area contributed by atoms with Crippen molar-refractivity contribution in [1.29, 1.82) is 0 Å². The molecule has 1 heterocycles. The molecule has 4 rings (SSSR count). The summed E-state index contributed by atoms with van der Waals surface area (Å²) in [5.41, 5.74) is 2.03. The van der Waals surface area contributed by atoms with Crippen molar-refractivity contribution in [1.82, 2.24) is 0 Å². The predicted molar refractivity (Wildman–Crippen MR) is 120 cm³/mol. The smallest absolute Gasteiger partial charge is 0.363 e. The Morgan fingerprint density at radius 3 is 2.66 bits per heavy atom. The van der Waals surface area contributed by atoms with E-state index in [-0.39, 0.29) is 18.2 Å². The lowest BCUT2D eigenvalue weighted by molar-refractivity contribution is -0.129. The number of ether oxygens (including phenoxy) is 3. The number of benzene rings is 3. The van der Waals surface area contributed by atoms with Gasteiger partial charge in [-0.15, -0.1) is 0 Å². The Morgan fingerprint density at radius 2 is 1.88 bits per heavy atom. The van der Waals surface area contributed by atoms with Crippen LogP contribution in [0.4, 0.5) is 4.39 Å². The van der Waals surface area contributed by atoms with E-state index >= 15 is 0 Å². The highest BCUT2D eigenvalue weighted by Gasteiger charge is 2.24. The van der Waals surface area contributed by atoms with E-state index in [1.165, 1.54) is 18.2 Å². The monoisotopic (exact) mass is 451 g/mol. The minimum absolute atomic E-state index is 0.0606. The van der Waals surface area contributed by atoms with Crippen molar-refractivity contribution in [2.45, 2.75) is 13.5 Å².